The van der Waals surface area contributed by atoms with Gasteiger partial charge in [0.15, 0.2) is 23.9 Å². The van der Waals surface area contributed by atoms with Crippen LogP contribution in [0, 0.1) is 0 Å². The molecule has 1 heterocycles. The summed E-state index contributed by atoms with van der Waals surface area (Å²) in [5, 5.41) is 0.283. The zero-order valence-corrected chi connectivity index (χ0v) is 13.5. The normalized spacial score (nSPS) is 13.0. The van der Waals surface area contributed by atoms with Gasteiger partial charge < -0.3 is 14.2 Å². The second-order valence-corrected chi connectivity index (χ2v) is 5.60. The predicted molar refractivity (Wildman–Crippen MR) is 88.1 cm³/mol. The van der Waals surface area contributed by atoms with Crippen LogP contribution in [0.5, 0.6) is 11.5 Å². The molecule has 0 fully saturated rings. The van der Waals surface area contributed by atoms with Gasteiger partial charge in [0.05, 0.1) is 23.8 Å². The minimum Gasteiger partial charge on any atom is -0.490 e. The maximum Gasteiger partial charge on any atom is 0.340 e. The van der Waals surface area contributed by atoms with Crippen molar-refractivity contribution >= 4 is 23.4 Å². The molecule has 24 heavy (non-hydrogen) atoms. The van der Waals surface area contributed by atoms with Crippen molar-refractivity contribution in [3.63, 3.8) is 0 Å². The van der Waals surface area contributed by atoms with Crippen LogP contribution in [-0.4, -0.2) is 31.6 Å². The highest BCUT2D eigenvalue weighted by molar-refractivity contribution is 6.33. The highest BCUT2D eigenvalue weighted by atomic mass is 35.5. The van der Waals surface area contributed by atoms with Crippen molar-refractivity contribution in [3.05, 3.63) is 58.6 Å². The molecule has 1 aliphatic heterocycles. The molecule has 0 bridgehead atoms. The fourth-order valence-corrected chi connectivity index (χ4v) is 2.47. The Hall–Kier alpha value is -2.53. The van der Waals surface area contributed by atoms with Crippen molar-refractivity contribution < 1.29 is 23.8 Å². The largest absolute Gasteiger partial charge is 0.490 e. The van der Waals surface area contributed by atoms with Crippen LogP contribution in [0.15, 0.2) is 42.5 Å². The second-order valence-electron chi connectivity index (χ2n) is 5.19. The van der Waals surface area contributed by atoms with E-state index in [1.165, 1.54) is 0 Å². The first kappa shape index (κ1) is 16.3. The molecule has 0 N–H and O–H groups in total. The van der Waals surface area contributed by atoms with Gasteiger partial charge in [0.25, 0.3) is 0 Å². The lowest BCUT2D eigenvalue weighted by atomic mass is 10.1. The first-order chi connectivity index (χ1) is 11.6. The number of rotatable bonds is 4. The summed E-state index contributed by atoms with van der Waals surface area (Å²) >= 11 is 5.93. The standard InChI is InChI=1S/C18H15ClO5/c19-14-5-2-1-4-13(14)18(21)24-11-15(20)12-6-7-16-17(10-12)23-9-3-8-22-16/h1-2,4-7,10H,3,8-9,11H2. The molecule has 3 rings (SSSR count). The summed E-state index contributed by atoms with van der Waals surface area (Å²) in [6.45, 7) is 0.742. The van der Waals surface area contributed by atoms with Crippen LogP contribution in [0.2, 0.25) is 5.02 Å². The Kier molecular flexibility index (Phi) is 5.01. The maximum absolute atomic E-state index is 12.2. The molecule has 0 aromatic heterocycles. The zero-order chi connectivity index (χ0) is 16.9. The van der Waals surface area contributed by atoms with Crippen molar-refractivity contribution in [1.29, 1.82) is 0 Å². The van der Waals surface area contributed by atoms with Crippen molar-refractivity contribution in [1.82, 2.24) is 0 Å². The number of ketones is 1. The first-order valence-electron chi connectivity index (χ1n) is 7.49. The van der Waals surface area contributed by atoms with Gasteiger partial charge in [-0.05, 0) is 30.3 Å². The van der Waals surface area contributed by atoms with Gasteiger partial charge in [-0.15, -0.1) is 0 Å². The van der Waals surface area contributed by atoms with Gasteiger partial charge in [0.2, 0.25) is 0 Å². The van der Waals surface area contributed by atoms with E-state index < -0.39 is 5.97 Å². The monoisotopic (exact) mass is 346 g/mol. The van der Waals surface area contributed by atoms with Crippen LogP contribution in [0.25, 0.3) is 0 Å². The number of Topliss-reactive ketones (excluding diaryl/α,β-unsaturated/α-hetero) is 1. The molecule has 124 valence electrons. The number of halogens is 1. The van der Waals surface area contributed by atoms with E-state index in [-0.39, 0.29) is 23.0 Å². The molecule has 0 saturated carbocycles. The van der Waals surface area contributed by atoms with E-state index in [0.717, 1.165) is 6.42 Å². The average molecular weight is 347 g/mol. The van der Waals surface area contributed by atoms with Gasteiger partial charge in [-0.2, -0.15) is 0 Å². The summed E-state index contributed by atoms with van der Waals surface area (Å²) in [7, 11) is 0. The fourth-order valence-electron chi connectivity index (χ4n) is 2.26. The smallest absolute Gasteiger partial charge is 0.340 e. The number of hydrogen-bond acceptors (Lipinski definition) is 5. The van der Waals surface area contributed by atoms with Crippen molar-refractivity contribution in [2.24, 2.45) is 0 Å². The van der Waals surface area contributed by atoms with Crippen molar-refractivity contribution in [2.75, 3.05) is 19.8 Å². The Morgan fingerprint density at radius 3 is 2.58 bits per heavy atom. The first-order valence-corrected chi connectivity index (χ1v) is 7.87. The number of ether oxygens (including phenoxy) is 3. The minimum absolute atomic E-state index is 0.227. The zero-order valence-electron chi connectivity index (χ0n) is 12.8. The lowest BCUT2D eigenvalue weighted by Gasteiger charge is -2.09. The molecule has 0 saturated heterocycles. The van der Waals surface area contributed by atoms with Gasteiger partial charge in [-0.3, -0.25) is 4.79 Å². The Morgan fingerprint density at radius 1 is 1.04 bits per heavy atom. The summed E-state index contributed by atoms with van der Waals surface area (Å²) in [5.41, 5.74) is 0.622. The summed E-state index contributed by atoms with van der Waals surface area (Å²) < 4.78 is 16.1. The molecule has 0 amide bonds. The topological polar surface area (TPSA) is 61.8 Å². The van der Waals surface area contributed by atoms with E-state index in [1.54, 1.807) is 42.5 Å². The molecule has 2 aromatic rings. The van der Waals surface area contributed by atoms with Gasteiger partial charge in [0.1, 0.15) is 0 Å². The third kappa shape index (κ3) is 3.68. The maximum atomic E-state index is 12.2. The van der Waals surface area contributed by atoms with Gasteiger partial charge in [0, 0.05) is 12.0 Å². The van der Waals surface area contributed by atoms with Crippen molar-refractivity contribution in [3.8, 4) is 11.5 Å². The SMILES string of the molecule is O=C(COC(=O)c1ccccc1Cl)c1ccc2c(c1)OCCCO2. The number of fused-ring (bicyclic) bond motifs is 1. The van der Waals surface area contributed by atoms with Gasteiger partial charge >= 0.3 is 5.97 Å². The lowest BCUT2D eigenvalue weighted by Crippen LogP contribution is -2.14. The van der Waals surface area contributed by atoms with E-state index >= 15 is 0 Å². The van der Waals surface area contributed by atoms with Crippen LogP contribution in [0.1, 0.15) is 27.1 Å². The highest BCUT2D eigenvalue weighted by Gasteiger charge is 2.17. The molecule has 0 unspecified atom stereocenters. The highest BCUT2D eigenvalue weighted by Crippen LogP contribution is 2.30. The number of esters is 1. The quantitative estimate of drug-likeness (QED) is 0.626. The molecular weight excluding hydrogens is 332 g/mol. The van der Waals surface area contributed by atoms with E-state index in [4.69, 9.17) is 25.8 Å². The minimum atomic E-state index is -0.636. The van der Waals surface area contributed by atoms with E-state index in [2.05, 4.69) is 0 Å². The van der Waals surface area contributed by atoms with Crippen LogP contribution in [-0.2, 0) is 4.74 Å². The number of hydrogen-bond donors (Lipinski definition) is 0. The fraction of sp³-hybridized carbons (Fsp3) is 0.222. The third-order valence-corrected chi connectivity index (χ3v) is 3.83. The van der Waals surface area contributed by atoms with Crippen LogP contribution in [0.4, 0.5) is 0 Å². The van der Waals surface area contributed by atoms with Crippen molar-refractivity contribution in [2.45, 2.75) is 6.42 Å². The Bertz CT molecular complexity index is 772. The van der Waals surface area contributed by atoms with Crippen LogP contribution >= 0.6 is 11.6 Å². The average Bonchev–Trinajstić information content (AvgIpc) is 2.84. The lowest BCUT2D eigenvalue weighted by molar-refractivity contribution is 0.0475. The number of carbonyl (C=O) groups excluding carboxylic acids is 2. The Morgan fingerprint density at radius 2 is 1.79 bits per heavy atom. The molecule has 0 atom stereocenters. The molecule has 6 heteroatoms. The van der Waals surface area contributed by atoms with Gasteiger partial charge in [-0.25, -0.2) is 4.79 Å². The number of carbonyl (C=O) groups is 2. The van der Waals surface area contributed by atoms with E-state index in [9.17, 15) is 9.59 Å². The number of benzene rings is 2. The third-order valence-electron chi connectivity index (χ3n) is 3.50. The molecule has 1 aliphatic rings. The molecule has 0 radical (unpaired) electrons. The predicted octanol–water partition coefficient (Wildman–Crippen LogP) is 3.54. The second kappa shape index (κ2) is 7.36. The van der Waals surface area contributed by atoms with E-state index in [1.807, 2.05) is 0 Å². The summed E-state index contributed by atoms with van der Waals surface area (Å²) in [5.74, 6) is 0.169. The molecular formula is C18H15ClO5. The molecule has 5 nitrogen and oxygen atoms in total. The van der Waals surface area contributed by atoms with Crippen LogP contribution in [0.3, 0.4) is 0 Å². The molecule has 0 aliphatic carbocycles. The Labute approximate surface area is 144 Å². The van der Waals surface area contributed by atoms with Gasteiger partial charge in [-0.1, -0.05) is 23.7 Å². The van der Waals surface area contributed by atoms with Crippen LogP contribution < -0.4 is 9.47 Å². The summed E-state index contributed by atoms with van der Waals surface area (Å²) in [6, 6.07) is 11.4. The Balaban J connectivity index is 1.66. The summed E-state index contributed by atoms with van der Waals surface area (Å²) in [6.07, 6.45) is 0.785. The molecule has 0 spiro atoms. The van der Waals surface area contributed by atoms with E-state index in [0.29, 0.717) is 30.3 Å². The molecule has 2 aromatic carbocycles. The summed E-state index contributed by atoms with van der Waals surface area (Å²) in [4.78, 5) is 24.2.